The number of hydrogen-bond acceptors (Lipinski definition) is 2. The molecule has 3 atom stereocenters. The Labute approximate surface area is 90.8 Å². The minimum absolute atomic E-state index is 0.0427. The summed E-state index contributed by atoms with van der Waals surface area (Å²) in [5, 5.41) is 0. The van der Waals surface area contributed by atoms with E-state index in [0.29, 0.717) is 0 Å². The average Bonchev–Trinajstić information content (AvgIpc) is 2.29. The quantitative estimate of drug-likeness (QED) is 0.655. The zero-order valence-corrected chi connectivity index (χ0v) is 9.18. The smallest absolute Gasteiger partial charge is 0.125 e. The van der Waals surface area contributed by atoms with Gasteiger partial charge in [-0.3, -0.25) is 0 Å². The van der Waals surface area contributed by atoms with Gasteiger partial charge in [0.05, 0.1) is 0 Å². The van der Waals surface area contributed by atoms with Gasteiger partial charge in [0, 0.05) is 17.5 Å². The maximum atomic E-state index is 6.24. The summed E-state index contributed by atoms with van der Waals surface area (Å²) in [5.74, 6) is 1.19. The maximum Gasteiger partial charge on any atom is 0.125 e. The van der Waals surface area contributed by atoms with Crippen molar-refractivity contribution in [2.24, 2.45) is 11.7 Å². The average molecular weight is 203 g/mol. The zero-order valence-electron chi connectivity index (χ0n) is 9.18. The Morgan fingerprint density at radius 3 is 2.60 bits per heavy atom. The molecule has 2 nitrogen and oxygen atoms in total. The molecule has 0 amide bonds. The first-order chi connectivity index (χ1) is 7.27. The van der Waals surface area contributed by atoms with Gasteiger partial charge in [0.15, 0.2) is 0 Å². The lowest BCUT2D eigenvalue weighted by molar-refractivity contribution is 0.0903. The minimum atomic E-state index is 0.0427. The summed E-state index contributed by atoms with van der Waals surface area (Å²) < 4.78 is 5.89. The van der Waals surface area contributed by atoms with E-state index in [0.717, 1.165) is 11.3 Å². The molecular weight excluding hydrogens is 186 g/mol. The molecular formula is C13H17NO. The molecule has 3 unspecified atom stereocenters. The molecule has 2 N–H and O–H groups in total. The van der Waals surface area contributed by atoms with Crippen molar-refractivity contribution >= 4 is 0 Å². The summed E-state index contributed by atoms with van der Waals surface area (Å²) in [5.41, 5.74) is 7.35. The lowest BCUT2D eigenvalue weighted by Gasteiger charge is -2.38. The van der Waals surface area contributed by atoms with Gasteiger partial charge in [-0.2, -0.15) is 0 Å². The topological polar surface area (TPSA) is 35.2 Å². The van der Waals surface area contributed by atoms with Crippen LogP contribution in [0, 0.1) is 5.92 Å². The molecule has 0 aromatic carbocycles. The van der Waals surface area contributed by atoms with Crippen molar-refractivity contribution < 1.29 is 4.74 Å². The number of fused-ring (bicyclic) bond motifs is 1. The highest BCUT2D eigenvalue weighted by molar-refractivity contribution is 5.37. The van der Waals surface area contributed by atoms with Crippen LogP contribution in [-0.4, -0.2) is 12.1 Å². The second-order valence-corrected chi connectivity index (χ2v) is 3.85. The Kier molecular flexibility index (Phi) is 2.78. The number of hydrogen-bond donors (Lipinski definition) is 1. The van der Waals surface area contributed by atoms with Crippen LogP contribution in [0.4, 0.5) is 0 Å². The van der Waals surface area contributed by atoms with E-state index in [-0.39, 0.29) is 18.1 Å². The molecule has 1 aliphatic carbocycles. The van der Waals surface area contributed by atoms with Crippen molar-refractivity contribution in [1.29, 1.82) is 0 Å². The standard InChI is InChI=1S/C13H17NO/c1-3-9-11(4-2)15-12-8-6-5-7-10(12)13(9)14/h3-8,10,12-13H,14H2,1-2H3/b9-3+,11-4+. The van der Waals surface area contributed by atoms with Crippen molar-refractivity contribution in [3.63, 3.8) is 0 Å². The second kappa shape index (κ2) is 4.07. The molecule has 0 bridgehead atoms. The molecule has 1 aliphatic heterocycles. The number of nitrogens with two attached hydrogens (primary N) is 1. The van der Waals surface area contributed by atoms with Crippen LogP contribution in [0.15, 0.2) is 47.8 Å². The highest BCUT2D eigenvalue weighted by atomic mass is 16.5. The molecule has 15 heavy (non-hydrogen) atoms. The first-order valence-corrected chi connectivity index (χ1v) is 5.38. The van der Waals surface area contributed by atoms with Crippen LogP contribution in [0.3, 0.4) is 0 Å². The van der Waals surface area contributed by atoms with E-state index in [4.69, 9.17) is 10.5 Å². The highest BCUT2D eigenvalue weighted by Crippen LogP contribution is 2.34. The molecule has 2 rings (SSSR count). The largest absolute Gasteiger partial charge is 0.486 e. The van der Waals surface area contributed by atoms with Gasteiger partial charge in [0.2, 0.25) is 0 Å². The lowest BCUT2D eigenvalue weighted by atomic mass is 9.83. The molecule has 1 fully saturated rings. The van der Waals surface area contributed by atoms with Gasteiger partial charge in [0.25, 0.3) is 0 Å². The van der Waals surface area contributed by atoms with E-state index < -0.39 is 0 Å². The van der Waals surface area contributed by atoms with Crippen LogP contribution in [0.1, 0.15) is 13.8 Å². The molecule has 1 heterocycles. The number of ether oxygens (including phenoxy) is 1. The van der Waals surface area contributed by atoms with Gasteiger partial charge in [-0.15, -0.1) is 0 Å². The van der Waals surface area contributed by atoms with Gasteiger partial charge < -0.3 is 10.5 Å². The number of rotatable bonds is 0. The maximum absolute atomic E-state index is 6.24. The Hall–Kier alpha value is -1.28. The number of allylic oxidation sites excluding steroid dienone is 4. The van der Waals surface area contributed by atoms with Crippen molar-refractivity contribution in [2.45, 2.75) is 26.0 Å². The molecule has 0 saturated carbocycles. The van der Waals surface area contributed by atoms with Gasteiger partial charge in [-0.1, -0.05) is 24.3 Å². The van der Waals surface area contributed by atoms with Crippen LogP contribution in [-0.2, 0) is 4.74 Å². The molecule has 2 aliphatic rings. The fourth-order valence-corrected chi connectivity index (χ4v) is 2.20. The third kappa shape index (κ3) is 1.65. The fourth-order valence-electron chi connectivity index (χ4n) is 2.20. The summed E-state index contributed by atoms with van der Waals surface area (Å²) in [6.07, 6.45) is 12.4. The summed E-state index contributed by atoms with van der Waals surface area (Å²) >= 11 is 0. The zero-order chi connectivity index (χ0) is 10.8. The SMILES string of the molecule is C/C=C1\C(=C/C)OC2C=CC=CC2C1N. The van der Waals surface area contributed by atoms with E-state index in [1.807, 2.05) is 38.2 Å². The Morgan fingerprint density at radius 2 is 1.93 bits per heavy atom. The van der Waals surface area contributed by atoms with Crippen LogP contribution in [0.2, 0.25) is 0 Å². The van der Waals surface area contributed by atoms with Crippen LogP contribution >= 0.6 is 0 Å². The first-order valence-electron chi connectivity index (χ1n) is 5.38. The molecule has 2 heteroatoms. The second-order valence-electron chi connectivity index (χ2n) is 3.85. The van der Waals surface area contributed by atoms with Gasteiger partial charge >= 0.3 is 0 Å². The third-order valence-electron chi connectivity index (χ3n) is 3.02. The predicted molar refractivity (Wildman–Crippen MR) is 62.1 cm³/mol. The Bertz CT molecular complexity index is 363. The van der Waals surface area contributed by atoms with Crippen molar-refractivity contribution in [1.82, 2.24) is 0 Å². The van der Waals surface area contributed by atoms with Gasteiger partial charge in [0.1, 0.15) is 11.9 Å². The van der Waals surface area contributed by atoms with Crippen LogP contribution in [0.5, 0.6) is 0 Å². The summed E-state index contributed by atoms with van der Waals surface area (Å²) in [6.45, 7) is 3.99. The van der Waals surface area contributed by atoms with E-state index in [2.05, 4.69) is 12.2 Å². The van der Waals surface area contributed by atoms with Crippen molar-refractivity contribution in [3.8, 4) is 0 Å². The van der Waals surface area contributed by atoms with Crippen LogP contribution < -0.4 is 5.73 Å². The van der Waals surface area contributed by atoms with E-state index in [1.165, 1.54) is 0 Å². The Balaban J connectivity index is 2.34. The highest BCUT2D eigenvalue weighted by Gasteiger charge is 2.35. The van der Waals surface area contributed by atoms with Crippen molar-refractivity contribution in [2.75, 3.05) is 0 Å². The molecule has 0 radical (unpaired) electrons. The molecule has 0 spiro atoms. The normalized spacial score (nSPS) is 39.3. The third-order valence-corrected chi connectivity index (χ3v) is 3.02. The van der Waals surface area contributed by atoms with E-state index in [1.54, 1.807) is 0 Å². The van der Waals surface area contributed by atoms with E-state index >= 15 is 0 Å². The fraction of sp³-hybridized carbons (Fsp3) is 0.385. The first kappa shape index (κ1) is 10.2. The molecule has 80 valence electrons. The predicted octanol–water partition coefficient (Wildman–Crippen LogP) is 2.30. The van der Waals surface area contributed by atoms with Crippen LogP contribution in [0.25, 0.3) is 0 Å². The van der Waals surface area contributed by atoms with E-state index in [9.17, 15) is 0 Å². The summed E-state index contributed by atoms with van der Waals surface area (Å²) in [7, 11) is 0. The summed E-state index contributed by atoms with van der Waals surface area (Å²) in [6, 6.07) is 0.0427. The minimum Gasteiger partial charge on any atom is -0.486 e. The van der Waals surface area contributed by atoms with Gasteiger partial charge in [-0.25, -0.2) is 0 Å². The lowest BCUT2D eigenvalue weighted by Crippen LogP contribution is -2.44. The monoisotopic (exact) mass is 203 g/mol. The molecule has 0 aromatic rings. The molecule has 0 aromatic heterocycles. The van der Waals surface area contributed by atoms with Crippen molar-refractivity contribution in [3.05, 3.63) is 47.8 Å². The molecule has 1 saturated heterocycles. The van der Waals surface area contributed by atoms with Gasteiger partial charge in [-0.05, 0) is 26.0 Å². The Morgan fingerprint density at radius 1 is 1.20 bits per heavy atom. The summed E-state index contributed by atoms with van der Waals surface area (Å²) in [4.78, 5) is 0.